The minimum absolute atomic E-state index is 0.0950. The molecule has 2 aromatic rings. The second-order valence-electron chi connectivity index (χ2n) is 7.16. The Hall–Kier alpha value is -4.25. The average Bonchev–Trinajstić information content (AvgIpc) is 3.33. The minimum atomic E-state index is -0.638. The number of nitriles is 1. The Morgan fingerprint density at radius 1 is 1.00 bits per heavy atom. The average molecular weight is 415 g/mol. The van der Waals surface area contributed by atoms with Crippen molar-refractivity contribution < 1.29 is 23.6 Å². The molecule has 0 atom stereocenters. The first-order valence-electron chi connectivity index (χ1n) is 9.54. The molecule has 0 N–H and O–H groups in total. The molecule has 8 heteroatoms. The third kappa shape index (κ3) is 2.99. The quantitative estimate of drug-likeness (QED) is 0.563. The van der Waals surface area contributed by atoms with Crippen molar-refractivity contribution in [3.63, 3.8) is 0 Å². The summed E-state index contributed by atoms with van der Waals surface area (Å²) in [7, 11) is 1.32. The smallest absolute Gasteiger partial charge is 0.271 e. The lowest BCUT2D eigenvalue weighted by Crippen LogP contribution is -2.39. The van der Waals surface area contributed by atoms with E-state index in [2.05, 4.69) is 0 Å². The molecule has 0 saturated carbocycles. The van der Waals surface area contributed by atoms with Crippen molar-refractivity contribution >= 4 is 29.7 Å². The Balaban J connectivity index is 1.72. The van der Waals surface area contributed by atoms with Gasteiger partial charge < -0.3 is 4.42 Å². The Bertz CT molecular complexity index is 1290. The maximum Gasteiger partial charge on any atom is 0.271 e. The zero-order valence-electron chi connectivity index (χ0n) is 17.1. The van der Waals surface area contributed by atoms with Crippen molar-refractivity contribution in [3.8, 4) is 17.4 Å². The molecule has 3 heterocycles. The Morgan fingerprint density at radius 3 is 2.39 bits per heavy atom. The highest BCUT2D eigenvalue weighted by Gasteiger charge is 2.35. The molecule has 0 bridgehead atoms. The number of hydrogen-bond donors (Lipinski definition) is 0. The highest BCUT2D eigenvalue weighted by atomic mass is 16.3. The maximum absolute atomic E-state index is 12.5. The molecule has 0 fully saturated rings. The first-order chi connectivity index (χ1) is 14.8. The van der Waals surface area contributed by atoms with E-state index in [-0.39, 0.29) is 28.5 Å². The summed E-state index contributed by atoms with van der Waals surface area (Å²) in [6.07, 6.45) is 1.47. The predicted molar refractivity (Wildman–Crippen MR) is 109 cm³/mol. The molecule has 2 aliphatic rings. The van der Waals surface area contributed by atoms with Gasteiger partial charge in [-0.1, -0.05) is 6.07 Å². The number of imide groups is 2. The lowest BCUT2D eigenvalue weighted by atomic mass is 9.95. The van der Waals surface area contributed by atoms with Gasteiger partial charge in [0.15, 0.2) is 0 Å². The van der Waals surface area contributed by atoms with E-state index in [0.717, 1.165) is 4.90 Å². The fourth-order valence-electron chi connectivity index (χ4n) is 3.66. The summed E-state index contributed by atoms with van der Waals surface area (Å²) in [4.78, 5) is 51.4. The number of furan rings is 1. The van der Waals surface area contributed by atoms with Crippen LogP contribution in [0.15, 0.2) is 51.5 Å². The molecular formula is C23H17N3O5. The lowest BCUT2D eigenvalue weighted by molar-refractivity contribution is -0.138. The summed E-state index contributed by atoms with van der Waals surface area (Å²) in [6.45, 7) is 3.57. The summed E-state index contributed by atoms with van der Waals surface area (Å²) < 4.78 is 5.83. The van der Waals surface area contributed by atoms with E-state index in [0.29, 0.717) is 34.8 Å². The van der Waals surface area contributed by atoms with Crippen LogP contribution in [0.5, 0.6) is 0 Å². The van der Waals surface area contributed by atoms with Crippen molar-refractivity contribution in [3.05, 3.63) is 63.9 Å². The van der Waals surface area contributed by atoms with Crippen LogP contribution < -0.4 is 0 Å². The fraction of sp³-hybridized carbons (Fsp3) is 0.174. The predicted octanol–water partition coefficient (Wildman–Crippen LogP) is 2.78. The van der Waals surface area contributed by atoms with Crippen LogP contribution in [0.1, 0.15) is 40.3 Å². The van der Waals surface area contributed by atoms with Crippen LogP contribution in [0.3, 0.4) is 0 Å². The van der Waals surface area contributed by atoms with Gasteiger partial charge in [0.2, 0.25) is 0 Å². The van der Waals surface area contributed by atoms with E-state index >= 15 is 0 Å². The SMILES string of the molecule is CCN1C(=O)c2ccc(-c3ccc(/C=C4/C(=O)N(C)C(=O)C(C#N)=C4C)o3)cc2C1=O. The number of rotatable bonds is 3. The molecule has 8 nitrogen and oxygen atoms in total. The Kier molecular flexibility index (Phi) is 4.67. The van der Waals surface area contributed by atoms with E-state index in [1.54, 1.807) is 44.2 Å². The van der Waals surface area contributed by atoms with Gasteiger partial charge in [0.25, 0.3) is 23.6 Å². The molecular weight excluding hydrogens is 398 g/mol. The van der Waals surface area contributed by atoms with E-state index in [4.69, 9.17) is 4.42 Å². The van der Waals surface area contributed by atoms with Crippen molar-refractivity contribution in [2.45, 2.75) is 13.8 Å². The van der Waals surface area contributed by atoms with Crippen molar-refractivity contribution in [2.75, 3.05) is 13.6 Å². The van der Waals surface area contributed by atoms with Gasteiger partial charge in [0, 0.05) is 24.7 Å². The van der Waals surface area contributed by atoms with Gasteiger partial charge in [-0.3, -0.25) is 29.0 Å². The van der Waals surface area contributed by atoms with E-state index in [1.165, 1.54) is 18.0 Å². The van der Waals surface area contributed by atoms with E-state index < -0.39 is 11.8 Å². The summed E-state index contributed by atoms with van der Waals surface area (Å²) >= 11 is 0. The molecule has 4 amide bonds. The topological polar surface area (TPSA) is 112 Å². The zero-order valence-corrected chi connectivity index (χ0v) is 17.1. The first-order valence-corrected chi connectivity index (χ1v) is 9.54. The minimum Gasteiger partial charge on any atom is -0.457 e. The van der Waals surface area contributed by atoms with Crippen LogP contribution in [0.4, 0.5) is 0 Å². The molecule has 0 saturated heterocycles. The van der Waals surface area contributed by atoms with Gasteiger partial charge in [-0.15, -0.1) is 0 Å². The molecule has 1 aromatic heterocycles. The molecule has 1 aromatic carbocycles. The molecule has 4 rings (SSSR count). The van der Waals surface area contributed by atoms with Crippen LogP contribution in [-0.4, -0.2) is 47.0 Å². The summed E-state index contributed by atoms with van der Waals surface area (Å²) in [5, 5.41) is 9.25. The van der Waals surface area contributed by atoms with Gasteiger partial charge in [-0.05, 0) is 49.8 Å². The van der Waals surface area contributed by atoms with Gasteiger partial charge in [-0.2, -0.15) is 5.26 Å². The van der Waals surface area contributed by atoms with Gasteiger partial charge in [-0.25, -0.2) is 0 Å². The molecule has 2 aliphatic heterocycles. The van der Waals surface area contributed by atoms with Gasteiger partial charge in [0.05, 0.1) is 11.1 Å². The van der Waals surface area contributed by atoms with Crippen LogP contribution in [0.2, 0.25) is 0 Å². The van der Waals surface area contributed by atoms with Crippen LogP contribution in [0.25, 0.3) is 17.4 Å². The number of carbonyl (C=O) groups excluding carboxylic acids is 4. The van der Waals surface area contributed by atoms with Crippen molar-refractivity contribution in [1.29, 1.82) is 5.26 Å². The second kappa shape index (κ2) is 7.22. The Morgan fingerprint density at radius 2 is 1.71 bits per heavy atom. The van der Waals surface area contributed by atoms with Gasteiger partial charge in [0.1, 0.15) is 23.2 Å². The molecule has 0 unspecified atom stereocenters. The monoisotopic (exact) mass is 415 g/mol. The number of nitrogens with zero attached hydrogens (tertiary/aromatic N) is 3. The summed E-state index contributed by atoms with van der Waals surface area (Å²) in [6, 6.07) is 10.1. The van der Waals surface area contributed by atoms with Crippen LogP contribution in [0, 0.1) is 11.3 Å². The number of hydrogen-bond acceptors (Lipinski definition) is 6. The summed E-state index contributed by atoms with van der Waals surface area (Å²) in [5.41, 5.74) is 1.66. The summed E-state index contributed by atoms with van der Waals surface area (Å²) in [5.74, 6) is -1.04. The fourth-order valence-corrected chi connectivity index (χ4v) is 3.66. The number of fused-ring (bicyclic) bond motifs is 1. The van der Waals surface area contributed by atoms with Gasteiger partial charge >= 0.3 is 0 Å². The van der Waals surface area contributed by atoms with Crippen LogP contribution in [-0.2, 0) is 9.59 Å². The highest BCUT2D eigenvalue weighted by molar-refractivity contribution is 6.22. The van der Waals surface area contributed by atoms with Crippen molar-refractivity contribution in [1.82, 2.24) is 9.80 Å². The Labute approximate surface area is 177 Å². The third-order valence-corrected chi connectivity index (χ3v) is 5.43. The molecule has 0 aliphatic carbocycles. The first kappa shape index (κ1) is 20.0. The largest absolute Gasteiger partial charge is 0.457 e. The normalized spacial score (nSPS) is 17.7. The standard InChI is InChI=1S/C23H17N3O5/c1-4-26-22(29)15-7-5-13(9-17(15)23(26)30)19-8-6-14(31-19)10-16-12(2)18(11-24)21(28)25(3)20(16)27/h5-10H,4H2,1-3H3/b16-10+. The number of benzene rings is 1. The highest BCUT2D eigenvalue weighted by Crippen LogP contribution is 2.31. The van der Waals surface area contributed by atoms with Crippen LogP contribution >= 0.6 is 0 Å². The molecule has 31 heavy (non-hydrogen) atoms. The van der Waals surface area contributed by atoms with E-state index in [9.17, 15) is 24.4 Å². The maximum atomic E-state index is 12.5. The third-order valence-electron chi connectivity index (χ3n) is 5.43. The number of likely N-dealkylation sites (N-methyl/N-ethyl adjacent to an activating group) is 1. The molecule has 0 radical (unpaired) electrons. The van der Waals surface area contributed by atoms with Crippen molar-refractivity contribution in [2.24, 2.45) is 0 Å². The van der Waals surface area contributed by atoms with E-state index in [1.807, 2.05) is 6.07 Å². The zero-order chi connectivity index (χ0) is 22.4. The lowest BCUT2D eigenvalue weighted by Gasteiger charge is -2.23. The second-order valence-corrected chi connectivity index (χ2v) is 7.16. The molecule has 0 spiro atoms. The number of amides is 4. The molecule has 154 valence electrons. The number of carbonyl (C=O) groups is 4.